The third kappa shape index (κ3) is 3.93. The standard InChI is InChI=1S/C18H22N6O/c1-3-23(4-2)18-14(8-7-11-19-18)12-20-17(25)13-24-21-15-9-5-6-10-16(15)22-24/h5-11H,3-4,12-13H2,1-2H3,(H,20,25). The van der Waals surface area contributed by atoms with Gasteiger partial charge in [0.2, 0.25) is 5.91 Å². The first-order valence-electron chi connectivity index (χ1n) is 8.46. The zero-order chi connectivity index (χ0) is 17.6. The number of hydrogen-bond acceptors (Lipinski definition) is 5. The Morgan fingerprint density at radius 2 is 1.76 bits per heavy atom. The van der Waals surface area contributed by atoms with E-state index in [0.29, 0.717) is 6.54 Å². The second kappa shape index (κ2) is 7.74. The summed E-state index contributed by atoms with van der Waals surface area (Å²) < 4.78 is 0. The first-order chi connectivity index (χ1) is 12.2. The maximum Gasteiger partial charge on any atom is 0.243 e. The van der Waals surface area contributed by atoms with Gasteiger partial charge in [-0.2, -0.15) is 15.0 Å². The largest absolute Gasteiger partial charge is 0.357 e. The average Bonchev–Trinajstić information content (AvgIpc) is 3.04. The van der Waals surface area contributed by atoms with Gasteiger partial charge >= 0.3 is 0 Å². The summed E-state index contributed by atoms with van der Waals surface area (Å²) in [4.78, 5) is 20.3. The summed E-state index contributed by atoms with van der Waals surface area (Å²) in [5, 5.41) is 11.5. The van der Waals surface area contributed by atoms with E-state index in [1.165, 1.54) is 4.80 Å². The van der Waals surface area contributed by atoms with Gasteiger partial charge in [0.25, 0.3) is 0 Å². The van der Waals surface area contributed by atoms with Crippen molar-refractivity contribution in [2.45, 2.75) is 26.9 Å². The molecule has 0 bridgehead atoms. The maximum atomic E-state index is 12.2. The lowest BCUT2D eigenvalue weighted by atomic mass is 10.2. The topological polar surface area (TPSA) is 75.9 Å². The smallest absolute Gasteiger partial charge is 0.243 e. The van der Waals surface area contributed by atoms with E-state index in [0.717, 1.165) is 35.5 Å². The van der Waals surface area contributed by atoms with E-state index < -0.39 is 0 Å². The first kappa shape index (κ1) is 16.9. The van der Waals surface area contributed by atoms with Gasteiger partial charge < -0.3 is 10.2 Å². The fourth-order valence-electron chi connectivity index (χ4n) is 2.73. The number of carbonyl (C=O) groups is 1. The third-order valence-corrected chi connectivity index (χ3v) is 4.02. The van der Waals surface area contributed by atoms with E-state index in [2.05, 4.69) is 39.2 Å². The highest BCUT2D eigenvalue weighted by Gasteiger charge is 2.11. The molecule has 7 nitrogen and oxygen atoms in total. The molecule has 1 aromatic carbocycles. The van der Waals surface area contributed by atoms with Crippen LogP contribution in [-0.4, -0.2) is 39.0 Å². The minimum atomic E-state index is -0.130. The lowest BCUT2D eigenvalue weighted by Gasteiger charge is -2.22. The number of hydrogen-bond donors (Lipinski definition) is 1. The molecule has 0 unspecified atom stereocenters. The van der Waals surface area contributed by atoms with Crippen LogP contribution in [0.15, 0.2) is 42.6 Å². The second-order valence-corrected chi connectivity index (χ2v) is 5.65. The van der Waals surface area contributed by atoms with Crippen LogP contribution in [0.4, 0.5) is 5.82 Å². The van der Waals surface area contributed by atoms with Gasteiger partial charge in [0, 0.05) is 31.4 Å². The minimum Gasteiger partial charge on any atom is -0.357 e. The van der Waals surface area contributed by atoms with Gasteiger partial charge in [0.1, 0.15) is 23.4 Å². The Kier molecular flexibility index (Phi) is 5.23. The summed E-state index contributed by atoms with van der Waals surface area (Å²) in [5.41, 5.74) is 2.57. The normalized spacial score (nSPS) is 10.8. The Labute approximate surface area is 146 Å². The van der Waals surface area contributed by atoms with E-state index >= 15 is 0 Å². The van der Waals surface area contributed by atoms with Crippen LogP contribution in [0.3, 0.4) is 0 Å². The van der Waals surface area contributed by atoms with Crippen LogP contribution in [0.2, 0.25) is 0 Å². The van der Waals surface area contributed by atoms with Crippen LogP contribution in [0.1, 0.15) is 19.4 Å². The SMILES string of the molecule is CCN(CC)c1ncccc1CNC(=O)Cn1nc2ccccc2n1. The number of fused-ring (bicyclic) bond motifs is 1. The van der Waals surface area contributed by atoms with Crippen LogP contribution in [0.25, 0.3) is 11.0 Å². The first-order valence-corrected chi connectivity index (χ1v) is 8.46. The van der Waals surface area contributed by atoms with Gasteiger partial charge in [-0.1, -0.05) is 18.2 Å². The van der Waals surface area contributed by atoms with Crippen LogP contribution in [0, 0.1) is 0 Å². The zero-order valence-electron chi connectivity index (χ0n) is 14.5. The molecular formula is C18H22N6O. The lowest BCUT2D eigenvalue weighted by Crippen LogP contribution is -2.30. The average molecular weight is 338 g/mol. The molecule has 0 aliphatic heterocycles. The molecule has 0 radical (unpaired) electrons. The number of nitrogens with one attached hydrogen (secondary N) is 1. The molecule has 2 aromatic heterocycles. The molecule has 130 valence electrons. The summed E-state index contributed by atoms with van der Waals surface area (Å²) in [6, 6.07) is 11.4. The quantitative estimate of drug-likeness (QED) is 0.713. The number of pyridine rings is 1. The van der Waals surface area contributed by atoms with E-state index in [1.54, 1.807) is 6.20 Å². The van der Waals surface area contributed by atoms with E-state index in [9.17, 15) is 4.79 Å². The van der Waals surface area contributed by atoms with Crippen molar-refractivity contribution < 1.29 is 4.79 Å². The van der Waals surface area contributed by atoms with E-state index in [1.807, 2.05) is 36.4 Å². The van der Waals surface area contributed by atoms with Crippen molar-refractivity contribution in [3.8, 4) is 0 Å². The fraction of sp³-hybridized carbons (Fsp3) is 0.333. The predicted molar refractivity (Wildman–Crippen MR) is 97.2 cm³/mol. The highest BCUT2D eigenvalue weighted by Crippen LogP contribution is 2.16. The van der Waals surface area contributed by atoms with Crippen LogP contribution < -0.4 is 10.2 Å². The molecular weight excluding hydrogens is 316 g/mol. The van der Waals surface area contributed by atoms with Crippen molar-refractivity contribution in [1.82, 2.24) is 25.3 Å². The van der Waals surface area contributed by atoms with Gasteiger partial charge in [0.05, 0.1) is 0 Å². The van der Waals surface area contributed by atoms with Crippen molar-refractivity contribution >= 4 is 22.8 Å². The Balaban J connectivity index is 1.64. The van der Waals surface area contributed by atoms with Crippen molar-refractivity contribution in [2.75, 3.05) is 18.0 Å². The van der Waals surface area contributed by atoms with E-state index in [-0.39, 0.29) is 12.5 Å². The molecule has 0 spiro atoms. The molecule has 0 atom stereocenters. The summed E-state index contributed by atoms with van der Waals surface area (Å²) >= 11 is 0. The van der Waals surface area contributed by atoms with Crippen molar-refractivity contribution in [3.05, 3.63) is 48.2 Å². The van der Waals surface area contributed by atoms with Gasteiger partial charge in [-0.15, -0.1) is 0 Å². The van der Waals surface area contributed by atoms with Gasteiger partial charge in [-0.3, -0.25) is 4.79 Å². The van der Waals surface area contributed by atoms with Crippen LogP contribution >= 0.6 is 0 Å². The number of carbonyl (C=O) groups excluding carboxylic acids is 1. The summed E-state index contributed by atoms with van der Waals surface area (Å²) in [6.07, 6.45) is 1.78. The molecule has 0 saturated carbocycles. The molecule has 1 amide bonds. The Bertz CT molecular complexity index is 822. The van der Waals surface area contributed by atoms with E-state index in [4.69, 9.17) is 0 Å². The summed E-state index contributed by atoms with van der Waals surface area (Å²) in [7, 11) is 0. The molecule has 0 aliphatic carbocycles. The number of anilines is 1. The Hall–Kier alpha value is -2.96. The highest BCUT2D eigenvalue weighted by molar-refractivity contribution is 5.77. The Morgan fingerprint density at radius 1 is 1.08 bits per heavy atom. The monoisotopic (exact) mass is 338 g/mol. The summed E-state index contributed by atoms with van der Waals surface area (Å²) in [6.45, 7) is 6.45. The number of aromatic nitrogens is 4. The number of rotatable bonds is 7. The number of amides is 1. The number of benzene rings is 1. The lowest BCUT2D eigenvalue weighted by molar-refractivity contribution is -0.122. The van der Waals surface area contributed by atoms with Crippen molar-refractivity contribution in [1.29, 1.82) is 0 Å². The van der Waals surface area contributed by atoms with Crippen LogP contribution in [0.5, 0.6) is 0 Å². The zero-order valence-corrected chi connectivity index (χ0v) is 14.5. The maximum absolute atomic E-state index is 12.2. The van der Waals surface area contributed by atoms with Crippen molar-refractivity contribution in [3.63, 3.8) is 0 Å². The Morgan fingerprint density at radius 3 is 2.40 bits per heavy atom. The van der Waals surface area contributed by atoms with Crippen molar-refractivity contribution in [2.24, 2.45) is 0 Å². The minimum absolute atomic E-state index is 0.0928. The molecule has 0 aliphatic rings. The fourth-order valence-corrected chi connectivity index (χ4v) is 2.73. The summed E-state index contributed by atoms with van der Waals surface area (Å²) in [5.74, 6) is 0.783. The highest BCUT2D eigenvalue weighted by atomic mass is 16.2. The van der Waals surface area contributed by atoms with Gasteiger partial charge in [-0.25, -0.2) is 4.98 Å². The molecule has 3 rings (SSSR count). The number of nitrogens with zero attached hydrogens (tertiary/aromatic N) is 5. The second-order valence-electron chi connectivity index (χ2n) is 5.65. The third-order valence-electron chi connectivity index (χ3n) is 4.02. The molecule has 0 saturated heterocycles. The van der Waals surface area contributed by atoms with Gasteiger partial charge in [0.15, 0.2) is 0 Å². The molecule has 25 heavy (non-hydrogen) atoms. The van der Waals surface area contributed by atoms with Gasteiger partial charge in [-0.05, 0) is 32.0 Å². The molecule has 1 N–H and O–H groups in total. The molecule has 3 aromatic rings. The predicted octanol–water partition coefficient (Wildman–Crippen LogP) is 1.99. The molecule has 0 fully saturated rings. The molecule has 7 heteroatoms. The molecule has 2 heterocycles. The van der Waals surface area contributed by atoms with Crippen LogP contribution in [-0.2, 0) is 17.9 Å².